The Kier molecular flexibility index (Phi) is 4.50. The molecule has 3 aromatic rings. The standard InChI is InChI=1S/C21H25ClN4O/c1-14-13-25(19-16(22)6-5-9-23-19)10-11-26(14)20-24-17-12-15(21(2,3)4)7-8-18(17)27-20/h5-9,12,14H,10-11,13H2,1-4H3. The summed E-state index contributed by atoms with van der Waals surface area (Å²) in [6.45, 7) is 11.3. The minimum Gasteiger partial charge on any atom is -0.423 e. The molecule has 0 spiro atoms. The molecule has 2 aromatic heterocycles. The number of nitrogens with zero attached hydrogens (tertiary/aromatic N) is 4. The van der Waals surface area contributed by atoms with E-state index in [0.29, 0.717) is 11.0 Å². The number of halogens is 1. The fourth-order valence-corrected chi connectivity index (χ4v) is 3.79. The smallest absolute Gasteiger partial charge is 0.298 e. The van der Waals surface area contributed by atoms with Crippen molar-refractivity contribution in [1.29, 1.82) is 0 Å². The molecular formula is C21H25ClN4O. The zero-order valence-electron chi connectivity index (χ0n) is 16.2. The van der Waals surface area contributed by atoms with E-state index in [-0.39, 0.29) is 11.5 Å². The molecule has 1 aliphatic rings. The molecule has 27 heavy (non-hydrogen) atoms. The van der Waals surface area contributed by atoms with Gasteiger partial charge in [-0.1, -0.05) is 38.4 Å². The van der Waals surface area contributed by atoms with Crippen molar-refractivity contribution >= 4 is 34.5 Å². The van der Waals surface area contributed by atoms with Gasteiger partial charge in [0.1, 0.15) is 11.3 Å². The second-order valence-corrected chi connectivity index (χ2v) is 8.63. The molecule has 1 fully saturated rings. The lowest BCUT2D eigenvalue weighted by atomic mass is 9.87. The maximum atomic E-state index is 6.32. The van der Waals surface area contributed by atoms with Gasteiger partial charge in [0, 0.05) is 31.9 Å². The maximum absolute atomic E-state index is 6.32. The third kappa shape index (κ3) is 3.48. The molecule has 1 aliphatic heterocycles. The summed E-state index contributed by atoms with van der Waals surface area (Å²) >= 11 is 6.32. The number of piperazine rings is 1. The molecule has 6 heteroatoms. The van der Waals surface area contributed by atoms with Crippen LogP contribution < -0.4 is 9.80 Å². The van der Waals surface area contributed by atoms with Gasteiger partial charge in [-0.15, -0.1) is 0 Å². The van der Waals surface area contributed by atoms with Crippen LogP contribution in [0.2, 0.25) is 5.02 Å². The number of aromatic nitrogens is 2. The van der Waals surface area contributed by atoms with Gasteiger partial charge in [-0.3, -0.25) is 0 Å². The number of fused-ring (bicyclic) bond motifs is 1. The second kappa shape index (κ2) is 6.71. The topological polar surface area (TPSA) is 45.4 Å². The first-order valence-corrected chi connectivity index (χ1v) is 9.74. The summed E-state index contributed by atoms with van der Waals surface area (Å²) in [7, 11) is 0. The van der Waals surface area contributed by atoms with E-state index < -0.39 is 0 Å². The lowest BCUT2D eigenvalue weighted by Crippen LogP contribution is -2.52. The number of hydrogen-bond donors (Lipinski definition) is 0. The number of hydrogen-bond acceptors (Lipinski definition) is 5. The molecule has 142 valence electrons. The summed E-state index contributed by atoms with van der Waals surface area (Å²) < 4.78 is 6.06. The van der Waals surface area contributed by atoms with Crippen molar-refractivity contribution in [3.8, 4) is 0 Å². The van der Waals surface area contributed by atoms with Gasteiger partial charge in [0.05, 0.1) is 5.02 Å². The Morgan fingerprint density at radius 3 is 2.70 bits per heavy atom. The van der Waals surface area contributed by atoms with Crippen molar-refractivity contribution in [2.45, 2.75) is 39.2 Å². The monoisotopic (exact) mass is 384 g/mol. The molecule has 3 heterocycles. The van der Waals surface area contributed by atoms with Gasteiger partial charge in [0.15, 0.2) is 5.58 Å². The van der Waals surface area contributed by atoms with Gasteiger partial charge in [0.25, 0.3) is 6.01 Å². The molecular weight excluding hydrogens is 360 g/mol. The Balaban J connectivity index is 1.57. The molecule has 0 amide bonds. The first-order valence-electron chi connectivity index (χ1n) is 9.36. The van der Waals surface area contributed by atoms with Gasteiger partial charge >= 0.3 is 0 Å². The van der Waals surface area contributed by atoms with Crippen LogP contribution in [0.4, 0.5) is 11.8 Å². The normalized spacial score (nSPS) is 18.3. The first-order chi connectivity index (χ1) is 12.8. The molecule has 1 unspecified atom stereocenters. The number of pyridine rings is 1. The van der Waals surface area contributed by atoms with E-state index in [1.54, 1.807) is 6.20 Å². The van der Waals surface area contributed by atoms with Crippen LogP contribution >= 0.6 is 11.6 Å². The quantitative estimate of drug-likeness (QED) is 0.629. The van der Waals surface area contributed by atoms with Gasteiger partial charge in [-0.2, -0.15) is 4.98 Å². The molecule has 1 aromatic carbocycles. The summed E-state index contributed by atoms with van der Waals surface area (Å²) in [5, 5.41) is 0.690. The van der Waals surface area contributed by atoms with Gasteiger partial charge in [-0.25, -0.2) is 4.98 Å². The van der Waals surface area contributed by atoms with Crippen molar-refractivity contribution in [1.82, 2.24) is 9.97 Å². The lowest BCUT2D eigenvalue weighted by molar-refractivity contribution is 0.485. The van der Waals surface area contributed by atoms with Crippen LogP contribution in [-0.2, 0) is 5.41 Å². The predicted molar refractivity (Wildman–Crippen MR) is 111 cm³/mol. The van der Waals surface area contributed by atoms with Crippen molar-refractivity contribution in [2.75, 3.05) is 29.4 Å². The SMILES string of the molecule is CC1CN(c2ncccc2Cl)CCN1c1nc2cc(C(C)(C)C)ccc2o1. The fourth-order valence-electron chi connectivity index (χ4n) is 3.55. The predicted octanol–water partition coefficient (Wildman–Crippen LogP) is 4.89. The maximum Gasteiger partial charge on any atom is 0.298 e. The van der Waals surface area contributed by atoms with E-state index >= 15 is 0 Å². The van der Waals surface area contributed by atoms with Crippen LogP contribution in [0.25, 0.3) is 11.1 Å². The van der Waals surface area contributed by atoms with Crippen LogP contribution in [0, 0.1) is 0 Å². The highest BCUT2D eigenvalue weighted by molar-refractivity contribution is 6.32. The van der Waals surface area contributed by atoms with Crippen molar-refractivity contribution in [2.24, 2.45) is 0 Å². The zero-order chi connectivity index (χ0) is 19.2. The summed E-state index contributed by atoms with van der Waals surface area (Å²) in [5.74, 6) is 0.845. The molecule has 4 rings (SSSR count). The third-order valence-electron chi connectivity index (χ3n) is 5.15. The zero-order valence-corrected chi connectivity index (χ0v) is 17.0. The lowest BCUT2D eigenvalue weighted by Gasteiger charge is -2.39. The van der Waals surface area contributed by atoms with Gasteiger partial charge in [-0.05, 0) is 42.2 Å². The highest BCUT2D eigenvalue weighted by Gasteiger charge is 2.29. The average Bonchev–Trinajstić information content (AvgIpc) is 3.04. The molecule has 1 saturated heterocycles. The van der Waals surface area contributed by atoms with Crippen molar-refractivity contribution < 1.29 is 4.42 Å². The summed E-state index contributed by atoms with van der Waals surface area (Å²) in [5.41, 5.74) is 3.10. The Morgan fingerprint density at radius 1 is 1.19 bits per heavy atom. The number of rotatable bonds is 2. The highest BCUT2D eigenvalue weighted by atomic mass is 35.5. The highest BCUT2D eigenvalue weighted by Crippen LogP contribution is 2.31. The molecule has 5 nitrogen and oxygen atoms in total. The molecule has 0 saturated carbocycles. The summed E-state index contributed by atoms with van der Waals surface area (Å²) in [4.78, 5) is 13.7. The molecule has 0 aliphatic carbocycles. The molecule has 0 radical (unpaired) electrons. The Bertz CT molecular complexity index is 962. The van der Waals surface area contributed by atoms with Crippen LogP contribution in [0.1, 0.15) is 33.3 Å². The molecule has 0 N–H and O–H groups in total. The molecule has 0 bridgehead atoms. The number of anilines is 2. The van der Waals surface area contributed by atoms with E-state index in [9.17, 15) is 0 Å². The second-order valence-electron chi connectivity index (χ2n) is 8.23. The third-order valence-corrected chi connectivity index (χ3v) is 5.45. The van der Waals surface area contributed by atoms with E-state index in [2.05, 4.69) is 54.6 Å². The van der Waals surface area contributed by atoms with Crippen LogP contribution in [-0.4, -0.2) is 35.6 Å². The molecule has 1 atom stereocenters. The summed E-state index contributed by atoms with van der Waals surface area (Å²) in [6.07, 6.45) is 1.78. The van der Waals surface area contributed by atoms with Gasteiger partial charge < -0.3 is 14.2 Å². The Morgan fingerprint density at radius 2 is 2.00 bits per heavy atom. The van der Waals surface area contributed by atoms with Crippen LogP contribution in [0.15, 0.2) is 40.9 Å². The summed E-state index contributed by atoms with van der Waals surface area (Å²) in [6, 6.07) is 11.0. The van der Waals surface area contributed by atoms with Crippen LogP contribution in [0.5, 0.6) is 0 Å². The first kappa shape index (κ1) is 18.1. The van der Waals surface area contributed by atoms with Gasteiger partial charge in [0.2, 0.25) is 0 Å². The number of benzene rings is 1. The van der Waals surface area contributed by atoms with E-state index in [0.717, 1.165) is 36.6 Å². The van der Waals surface area contributed by atoms with E-state index in [4.69, 9.17) is 21.0 Å². The Hall–Kier alpha value is -2.27. The van der Waals surface area contributed by atoms with E-state index in [1.807, 2.05) is 18.2 Å². The van der Waals surface area contributed by atoms with Crippen molar-refractivity contribution in [3.05, 3.63) is 47.1 Å². The fraction of sp³-hybridized carbons (Fsp3) is 0.429. The minimum absolute atomic E-state index is 0.0914. The average molecular weight is 385 g/mol. The van der Waals surface area contributed by atoms with Crippen molar-refractivity contribution in [3.63, 3.8) is 0 Å². The van der Waals surface area contributed by atoms with E-state index in [1.165, 1.54) is 5.56 Å². The largest absolute Gasteiger partial charge is 0.423 e. The van der Waals surface area contributed by atoms with Crippen LogP contribution in [0.3, 0.4) is 0 Å². The number of oxazole rings is 1. The Labute approximate surface area is 165 Å². The minimum atomic E-state index is 0.0914.